The molecule has 0 radical (unpaired) electrons. The Morgan fingerprint density at radius 2 is 2.24 bits per heavy atom. The van der Waals surface area contributed by atoms with Gasteiger partial charge in [-0.3, -0.25) is 9.69 Å². The molecule has 0 saturated carbocycles. The maximum Gasteiger partial charge on any atom is 0.220 e. The number of benzene rings is 1. The van der Waals surface area contributed by atoms with Crippen LogP contribution in [0.2, 0.25) is 0 Å². The van der Waals surface area contributed by atoms with E-state index in [2.05, 4.69) is 24.1 Å². The highest BCUT2D eigenvalue weighted by Gasteiger charge is 2.24. The van der Waals surface area contributed by atoms with E-state index in [0.29, 0.717) is 24.8 Å². The highest BCUT2D eigenvalue weighted by Crippen LogP contribution is 2.22. The summed E-state index contributed by atoms with van der Waals surface area (Å²) in [5, 5.41) is 2.98. The van der Waals surface area contributed by atoms with E-state index in [1.54, 1.807) is 13.2 Å². The van der Waals surface area contributed by atoms with Crippen LogP contribution >= 0.6 is 0 Å². The Hall–Kier alpha value is -1.62. The van der Waals surface area contributed by atoms with Crippen LogP contribution in [-0.2, 0) is 11.3 Å². The molecule has 1 N–H and O–H groups in total. The zero-order valence-corrected chi connectivity index (χ0v) is 12.9. The van der Waals surface area contributed by atoms with Gasteiger partial charge in [-0.05, 0) is 38.5 Å². The zero-order valence-electron chi connectivity index (χ0n) is 12.9. The molecule has 21 heavy (non-hydrogen) atoms. The van der Waals surface area contributed by atoms with Crippen molar-refractivity contribution in [1.82, 2.24) is 10.2 Å². The summed E-state index contributed by atoms with van der Waals surface area (Å²) in [5.74, 6) is 0.549. The summed E-state index contributed by atoms with van der Waals surface area (Å²) in [4.78, 5) is 13.5. The van der Waals surface area contributed by atoms with Gasteiger partial charge >= 0.3 is 0 Å². The van der Waals surface area contributed by atoms with E-state index in [0.717, 1.165) is 18.5 Å². The van der Waals surface area contributed by atoms with Gasteiger partial charge in [0, 0.05) is 37.2 Å². The molecule has 1 fully saturated rings. The number of nitrogens with zero attached hydrogens (tertiary/aromatic N) is 1. The molecule has 5 heteroatoms. The molecule has 1 amide bonds. The standard InChI is InChI=1S/C16H23FN2O2/c1-11(2)19(10-14-5-7-16(20)18-14)9-12-8-13(17)4-6-15(12)21-3/h4,6,8,11,14H,5,7,9-10H2,1-3H3,(H,18,20). The highest BCUT2D eigenvalue weighted by molar-refractivity contribution is 5.78. The first-order chi connectivity index (χ1) is 9.99. The molecule has 0 aliphatic carbocycles. The van der Waals surface area contributed by atoms with Crippen LogP contribution in [0.3, 0.4) is 0 Å². The van der Waals surface area contributed by atoms with Crippen molar-refractivity contribution in [2.45, 2.75) is 45.3 Å². The minimum absolute atomic E-state index is 0.118. The van der Waals surface area contributed by atoms with E-state index in [9.17, 15) is 9.18 Å². The van der Waals surface area contributed by atoms with Crippen molar-refractivity contribution in [3.63, 3.8) is 0 Å². The van der Waals surface area contributed by atoms with Crippen molar-refractivity contribution >= 4 is 5.91 Å². The van der Waals surface area contributed by atoms with Crippen LogP contribution in [0.5, 0.6) is 5.75 Å². The molecule has 2 rings (SSSR count). The number of amides is 1. The molecule has 1 saturated heterocycles. The Morgan fingerprint density at radius 3 is 2.81 bits per heavy atom. The molecule has 116 valence electrons. The summed E-state index contributed by atoms with van der Waals surface area (Å²) in [6.07, 6.45) is 1.46. The summed E-state index contributed by atoms with van der Waals surface area (Å²) in [7, 11) is 1.59. The van der Waals surface area contributed by atoms with Gasteiger partial charge in [-0.2, -0.15) is 0 Å². The molecular formula is C16H23FN2O2. The van der Waals surface area contributed by atoms with Gasteiger partial charge < -0.3 is 10.1 Å². The molecular weight excluding hydrogens is 271 g/mol. The number of hydrogen-bond donors (Lipinski definition) is 1. The second-order valence-electron chi connectivity index (χ2n) is 5.78. The molecule has 4 nitrogen and oxygen atoms in total. The van der Waals surface area contributed by atoms with Crippen LogP contribution < -0.4 is 10.1 Å². The van der Waals surface area contributed by atoms with E-state index in [-0.39, 0.29) is 17.8 Å². The van der Waals surface area contributed by atoms with Gasteiger partial charge in [0.25, 0.3) is 0 Å². The fourth-order valence-corrected chi connectivity index (χ4v) is 2.64. The van der Waals surface area contributed by atoms with Crippen molar-refractivity contribution in [3.05, 3.63) is 29.6 Å². The molecule has 1 aliphatic rings. The fraction of sp³-hybridized carbons (Fsp3) is 0.562. The summed E-state index contributed by atoms with van der Waals surface area (Å²) >= 11 is 0. The number of hydrogen-bond acceptors (Lipinski definition) is 3. The van der Waals surface area contributed by atoms with Crippen LogP contribution in [-0.4, -0.2) is 36.5 Å². The average Bonchev–Trinajstić information content (AvgIpc) is 2.83. The predicted octanol–water partition coefficient (Wildman–Crippen LogP) is 2.32. The van der Waals surface area contributed by atoms with E-state index < -0.39 is 0 Å². The van der Waals surface area contributed by atoms with E-state index in [4.69, 9.17) is 4.74 Å². The van der Waals surface area contributed by atoms with Crippen LogP contribution in [0.15, 0.2) is 18.2 Å². The summed E-state index contributed by atoms with van der Waals surface area (Å²) in [5.41, 5.74) is 0.829. The number of rotatable bonds is 6. The monoisotopic (exact) mass is 294 g/mol. The Bertz CT molecular complexity index is 505. The van der Waals surface area contributed by atoms with Gasteiger partial charge in [0.2, 0.25) is 5.91 Å². The van der Waals surface area contributed by atoms with Crippen LogP contribution in [0.1, 0.15) is 32.3 Å². The first-order valence-electron chi connectivity index (χ1n) is 7.35. The number of carbonyl (C=O) groups excluding carboxylic acids is 1. The topological polar surface area (TPSA) is 41.6 Å². The van der Waals surface area contributed by atoms with Gasteiger partial charge in [0.1, 0.15) is 11.6 Å². The summed E-state index contributed by atoms with van der Waals surface area (Å²) in [6, 6.07) is 5.05. The van der Waals surface area contributed by atoms with E-state index in [1.807, 2.05) is 0 Å². The van der Waals surface area contributed by atoms with Crippen LogP contribution in [0, 0.1) is 5.82 Å². The van der Waals surface area contributed by atoms with Gasteiger partial charge in [0.15, 0.2) is 0 Å². The summed E-state index contributed by atoms with van der Waals surface area (Å²) < 4.78 is 18.8. The number of halogens is 1. The van der Waals surface area contributed by atoms with Crippen molar-refractivity contribution < 1.29 is 13.9 Å². The Morgan fingerprint density at radius 1 is 1.48 bits per heavy atom. The predicted molar refractivity (Wildman–Crippen MR) is 79.7 cm³/mol. The Kier molecular flexibility index (Phi) is 5.17. The molecule has 1 aromatic carbocycles. The largest absolute Gasteiger partial charge is 0.496 e. The maximum atomic E-state index is 13.5. The number of methoxy groups -OCH3 is 1. The Labute approximate surface area is 125 Å². The first kappa shape index (κ1) is 15.8. The molecule has 0 spiro atoms. The lowest BCUT2D eigenvalue weighted by Crippen LogP contribution is -2.41. The van der Waals surface area contributed by atoms with Crippen molar-refractivity contribution in [3.8, 4) is 5.75 Å². The minimum atomic E-state index is -0.260. The molecule has 1 aromatic rings. The molecule has 1 atom stereocenters. The number of nitrogens with one attached hydrogen (secondary N) is 1. The fourth-order valence-electron chi connectivity index (χ4n) is 2.64. The minimum Gasteiger partial charge on any atom is -0.496 e. The normalized spacial score (nSPS) is 18.4. The van der Waals surface area contributed by atoms with Gasteiger partial charge in [-0.1, -0.05) is 0 Å². The van der Waals surface area contributed by atoms with E-state index >= 15 is 0 Å². The van der Waals surface area contributed by atoms with E-state index in [1.165, 1.54) is 12.1 Å². The molecule has 0 bridgehead atoms. The molecule has 1 unspecified atom stereocenters. The third-order valence-corrected chi connectivity index (χ3v) is 3.89. The van der Waals surface area contributed by atoms with Crippen molar-refractivity contribution in [2.24, 2.45) is 0 Å². The zero-order chi connectivity index (χ0) is 15.4. The highest BCUT2D eigenvalue weighted by atomic mass is 19.1. The number of ether oxygens (including phenoxy) is 1. The third-order valence-electron chi connectivity index (χ3n) is 3.89. The molecule has 1 heterocycles. The van der Waals surface area contributed by atoms with Crippen LogP contribution in [0.4, 0.5) is 4.39 Å². The SMILES string of the molecule is COc1ccc(F)cc1CN(CC1CCC(=O)N1)C(C)C. The van der Waals surface area contributed by atoms with Gasteiger partial charge in [-0.25, -0.2) is 4.39 Å². The Balaban J connectivity index is 2.09. The lowest BCUT2D eigenvalue weighted by atomic mass is 10.1. The average molecular weight is 294 g/mol. The first-order valence-corrected chi connectivity index (χ1v) is 7.35. The molecule has 0 aromatic heterocycles. The van der Waals surface area contributed by atoms with Gasteiger partial charge in [0.05, 0.1) is 7.11 Å². The quantitative estimate of drug-likeness (QED) is 0.875. The third kappa shape index (κ3) is 4.17. The van der Waals surface area contributed by atoms with Crippen molar-refractivity contribution in [1.29, 1.82) is 0 Å². The molecule has 1 aliphatic heterocycles. The maximum absolute atomic E-state index is 13.5. The number of carbonyl (C=O) groups is 1. The van der Waals surface area contributed by atoms with Crippen LogP contribution in [0.25, 0.3) is 0 Å². The second-order valence-corrected chi connectivity index (χ2v) is 5.78. The van der Waals surface area contributed by atoms with Gasteiger partial charge in [-0.15, -0.1) is 0 Å². The summed E-state index contributed by atoms with van der Waals surface area (Å²) in [6.45, 7) is 5.57. The lowest BCUT2D eigenvalue weighted by Gasteiger charge is -2.29. The second kappa shape index (κ2) is 6.89. The lowest BCUT2D eigenvalue weighted by molar-refractivity contribution is -0.119. The smallest absolute Gasteiger partial charge is 0.220 e. The van der Waals surface area contributed by atoms with Crippen molar-refractivity contribution in [2.75, 3.05) is 13.7 Å².